The number of ether oxygens (including phenoxy) is 1. The van der Waals surface area contributed by atoms with E-state index in [4.69, 9.17) is 10.6 Å². The summed E-state index contributed by atoms with van der Waals surface area (Å²) in [6.45, 7) is 0.331. The largest absolute Gasteiger partial charge is 0.497 e. The van der Waals surface area contributed by atoms with Gasteiger partial charge in [-0.2, -0.15) is 0 Å². The van der Waals surface area contributed by atoms with E-state index in [1.807, 2.05) is 24.3 Å². The molecule has 0 aliphatic heterocycles. The number of nitrogens with zero attached hydrogens (tertiary/aromatic N) is 3. The van der Waals surface area contributed by atoms with Gasteiger partial charge < -0.3 is 21.2 Å². The molecule has 8 nitrogen and oxygen atoms in total. The smallest absolute Gasteiger partial charge is 0.234 e. The second-order valence-corrected chi connectivity index (χ2v) is 6.76. The van der Waals surface area contributed by atoms with Gasteiger partial charge in [-0.15, -0.1) is 10.2 Å². The van der Waals surface area contributed by atoms with Crippen molar-refractivity contribution in [2.75, 3.05) is 29.3 Å². The van der Waals surface area contributed by atoms with E-state index in [1.165, 1.54) is 10.7 Å². The van der Waals surface area contributed by atoms with Crippen LogP contribution in [0.3, 0.4) is 0 Å². The quantitative estimate of drug-likeness (QED) is 0.380. The van der Waals surface area contributed by atoms with Gasteiger partial charge in [0.25, 0.3) is 0 Å². The zero-order valence-corrected chi connectivity index (χ0v) is 16.2. The number of methoxy groups -OCH3 is 1. The first kappa shape index (κ1) is 20.4. The standard InChI is InChI=1S/C18H18F2N6O2S/c1-28-13-5-2-11(3-6-13)22-9-16-24-25-18(26(16)21)29-10-17(27)23-12-4-7-14(19)15(20)8-12/h2-8,22H,9-10,21H2,1H3,(H,23,27). The van der Waals surface area contributed by atoms with Crippen LogP contribution in [0.4, 0.5) is 20.2 Å². The SMILES string of the molecule is COc1ccc(NCc2nnc(SCC(=O)Nc3ccc(F)c(F)c3)n2N)cc1. The first-order chi connectivity index (χ1) is 14.0. The van der Waals surface area contributed by atoms with E-state index in [0.717, 1.165) is 35.3 Å². The number of amides is 1. The molecule has 29 heavy (non-hydrogen) atoms. The molecule has 1 amide bonds. The highest BCUT2D eigenvalue weighted by molar-refractivity contribution is 7.99. The Morgan fingerprint density at radius 2 is 1.86 bits per heavy atom. The molecule has 1 aromatic heterocycles. The van der Waals surface area contributed by atoms with Crippen molar-refractivity contribution in [1.82, 2.24) is 14.9 Å². The van der Waals surface area contributed by atoms with Crippen LogP contribution in [0.5, 0.6) is 5.75 Å². The summed E-state index contributed by atoms with van der Waals surface area (Å²) >= 11 is 1.07. The molecule has 152 valence electrons. The summed E-state index contributed by atoms with van der Waals surface area (Å²) in [6.07, 6.45) is 0. The van der Waals surface area contributed by atoms with Gasteiger partial charge in [0.1, 0.15) is 5.75 Å². The maximum Gasteiger partial charge on any atom is 0.234 e. The number of aromatic nitrogens is 3. The van der Waals surface area contributed by atoms with E-state index < -0.39 is 17.5 Å². The van der Waals surface area contributed by atoms with Crippen LogP contribution >= 0.6 is 11.8 Å². The summed E-state index contributed by atoms with van der Waals surface area (Å²) in [6, 6.07) is 10.5. The number of hydrogen-bond acceptors (Lipinski definition) is 7. The predicted octanol–water partition coefficient (Wildman–Crippen LogP) is 2.62. The molecule has 3 aromatic rings. The number of nitrogens with two attached hydrogens (primary N) is 1. The number of rotatable bonds is 8. The third kappa shape index (κ3) is 5.35. The molecule has 0 aliphatic rings. The summed E-state index contributed by atoms with van der Waals surface area (Å²) in [5.74, 6) is 4.74. The zero-order valence-electron chi connectivity index (χ0n) is 15.4. The van der Waals surface area contributed by atoms with Crippen LogP contribution in [0, 0.1) is 11.6 Å². The molecule has 0 radical (unpaired) electrons. The van der Waals surface area contributed by atoms with E-state index >= 15 is 0 Å². The Hall–Kier alpha value is -3.34. The fourth-order valence-corrected chi connectivity index (χ4v) is 2.99. The lowest BCUT2D eigenvalue weighted by molar-refractivity contribution is -0.113. The zero-order chi connectivity index (χ0) is 20.8. The molecule has 2 aromatic carbocycles. The molecule has 0 fully saturated rings. The molecular formula is C18H18F2N6O2S. The number of carbonyl (C=O) groups excluding carboxylic acids is 1. The van der Waals surface area contributed by atoms with Gasteiger partial charge in [-0.1, -0.05) is 11.8 Å². The normalized spacial score (nSPS) is 10.6. The molecule has 0 atom stereocenters. The molecule has 3 rings (SSSR count). The second kappa shape index (κ2) is 9.24. The van der Waals surface area contributed by atoms with Gasteiger partial charge in [0.2, 0.25) is 11.1 Å². The number of anilines is 2. The van der Waals surface area contributed by atoms with Gasteiger partial charge in [-0.25, -0.2) is 13.5 Å². The fraction of sp³-hybridized carbons (Fsp3) is 0.167. The van der Waals surface area contributed by atoms with Crippen LogP contribution in [-0.2, 0) is 11.3 Å². The molecule has 0 saturated heterocycles. The van der Waals surface area contributed by atoms with Crippen molar-refractivity contribution in [2.24, 2.45) is 0 Å². The van der Waals surface area contributed by atoms with Crippen LogP contribution in [-0.4, -0.2) is 33.6 Å². The molecule has 0 spiro atoms. The highest BCUT2D eigenvalue weighted by Gasteiger charge is 2.13. The van der Waals surface area contributed by atoms with E-state index in [1.54, 1.807) is 7.11 Å². The van der Waals surface area contributed by atoms with E-state index in [9.17, 15) is 13.6 Å². The maximum atomic E-state index is 13.2. The molecule has 1 heterocycles. The maximum absolute atomic E-state index is 13.2. The first-order valence-electron chi connectivity index (χ1n) is 8.41. The Balaban J connectivity index is 1.52. The molecular weight excluding hydrogens is 402 g/mol. The summed E-state index contributed by atoms with van der Waals surface area (Å²) in [5, 5.41) is 13.9. The highest BCUT2D eigenvalue weighted by atomic mass is 32.2. The molecule has 4 N–H and O–H groups in total. The minimum absolute atomic E-state index is 0.0275. The average molecular weight is 420 g/mol. The van der Waals surface area contributed by atoms with Crippen molar-refractivity contribution in [2.45, 2.75) is 11.7 Å². The van der Waals surface area contributed by atoms with Crippen LogP contribution in [0.1, 0.15) is 5.82 Å². The first-order valence-corrected chi connectivity index (χ1v) is 9.40. The molecule has 0 saturated carbocycles. The molecule has 0 unspecified atom stereocenters. The Labute approximate surface area is 169 Å². The van der Waals surface area contributed by atoms with E-state index in [2.05, 4.69) is 20.8 Å². The number of nitrogens with one attached hydrogen (secondary N) is 2. The summed E-state index contributed by atoms with van der Waals surface area (Å²) in [7, 11) is 1.59. The van der Waals surface area contributed by atoms with Gasteiger partial charge >= 0.3 is 0 Å². The van der Waals surface area contributed by atoms with Crippen molar-refractivity contribution < 1.29 is 18.3 Å². The monoisotopic (exact) mass is 420 g/mol. The van der Waals surface area contributed by atoms with Gasteiger partial charge in [0, 0.05) is 17.4 Å². The second-order valence-electron chi connectivity index (χ2n) is 5.82. The highest BCUT2D eigenvalue weighted by Crippen LogP contribution is 2.18. The van der Waals surface area contributed by atoms with Crippen LogP contribution in [0.15, 0.2) is 47.6 Å². The average Bonchev–Trinajstić information content (AvgIpc) is 3.07. The van der Waals surface area contributed by atoms with E-state index in [0.29, 0.717) is 17.5 Å². The Morgan fingerprint density at radius 3 is 2.55 bits per heavy atom. The lowest BCUT2D eigenvalue weighted by atomic mass is 10.3. The topological polar surface area (TPSA) is 107 Å². The lowest BCUT2D eigenvalue weighted by Crippen LogP contribution is -2.18. The lowest BCUT2D eigenvalue weighted by Gasteiger charge is -2.08. The van der Waals surface area contributed by atoms with Crippen molar-refractivity contribution >= 4 is 29.0 Å². The number of thioether (sulfide) groups is 1. The number of carbonyl (C=O) groups is 1. The fourth-order valence-electron chi connectivity index (χ4n) is 2.32. The van der Waals surface area contributed by atoms with Gasteiger partial charge in [-0.05, 0) is 36.4 Å². The van der Waals surface area contributed by atoms with Crippen LogP contribution in [0.25, 0.3) is 0 Å². The summed E-state index contributed by atoms with van der Waals surface area (Å²) < 4.78 is 32.5. The Kier molecular flexibility index (Phi) is 6.50. The van der Waals surface area contributed by atoms with Crippen LogP contribution < -0.4 is 21.2 Å². The molecule has 11 heteroatoms. The van der Waals surface area contributed by atoms with Gasteiger partial charge in [0.05, 0.1) is 19.4 Å². The summed E-state index contributed by atoms with van der Waals surface area (Å²) in [4.78, 5) is 12.0. The van der Waals surface area contributed by atoms with Crippen molar-refractivity contribution in [3.8, 4) is 5.75 Å². The molecule has 0 aliphatic carbocycles. The number of nitrogen functional groups attached to an aromatic ring is 1. The minimum atomic E-state index is -1.04. The van der Waals surface area contributed by atoms with Crippen LogP contribution in [0.2, 0.25) is 0 Å². The Bertz CT molecular complexity index is 997. The van der Waals surface area contributed by atoms with Gasteiger partial charge in [0.15, 0.2) is 17.5 Å². The third-order valence-electron chi connectivity index (χ3n) is 3.81. The number of hydrogen-bond donors (Lipinski definition) is 3. The van der Waals surface area contributed by atoms with E-state index in [-0.39, 0.29) is 11.4 Å². The molecule has 0 bridgehead atoms. The van der Waals surface area contributed by atoms with Crippen molar-refractivity contribution in [1.29, 1.82) is 0 Å². The summed E-state index contributed by atoms with van der Waals surface area (Å²) in [5.41, 5.74) is 1.02. The minimum Gasteiger partial charge on any atom is -0.497 e. The van der Waals surface area contributed by atoms with Gasteiger partial charge in [-0.3, -0.25) is 4.79 Å². The predicted molar refractivity (Wildman–Crippen MR) is 106 cm³/mol. The number of benzene rings is 2. The van der Waals surface area contributed by atoms with Crippen molar-refractivity contribution in [3.63, 3.8) is 0 Å². The third-order valence-corrected chi connectivity index (χ3v) is 4.75. The number of halogens is 2. The Morgan fingerprint density at radius 1 is 1.14 bits per heavy atom. The van der Waals surface area contributed by atoms with Crippen molar-refractivity contribution in [3.05, 3.63) is 59.9 Å².